The van der Waals surface area contributed by atoms with Crippen LogP contribution in [-0.4, -0.2) is 52.7 Å². The summed E-state index contributed by atoms with van der Waals surface area (Å²) in [5.74, 6) is 2.30. The lowest BCUT2D eigenvalue weighted by Gasteiger charge is -2.33. The standard InChI is InChI=1S/C19H25N3O3/c23-11-10-22-17(4-7-20-22)15-5-8-21(9-6-15)14-16-2-1-3-18-19(16)25-13-12-24-18/h1-4,7,15,23H,5-6,8-14H2. The molecule has 2 aliphatic rings. The molecule has 1 saturated heterocycles. The highest BCUT2D eigenvalue weighted by Gasteiger charge is 2.24. The molecule has 1 aromatic carbocycles. The fourth-order valence-corrected chi connectivity index (χ4v) is 3.86. The van der Waals surface area contributed by atoms with Gasteiger partial charge in [0, 0.05) is 29.9 Å². The first-order valence-electron chi connectivity index (χ1n) is 9.07. The lowest BCUT2D eigenvalue weighted by atomic mass is 9.93. The molecule has 6 heteroatoms. The maximum absolute atomic E-state index is 9.17. The van der Waals surface area contributed by atoms with Crippen LogP contribution >= 0.6 is 0 Å². The summed E-state index contributed by atoms with van der Waals surface area (Å²) >= 11 is 0. The number of rotatable bonds is 5. The second kappa shape index (κ2) is 7.45. The Morgan fingerprint density at radius 1 is 1.12 bits per heavy atom. The van der Waals surface area contributed by atoms with E-state index in [1.807, 2.05) is 23.0 Å². The van der Waals surface area contributed by atoms with Crippen molar-refractivity contribution in [1.82, 2.24) is 14.7 Å². The maximum Gasteiger partial charge on any atom is 0.165 e. The van der Waals surface area contributed by atoms with Crippen LogP contribution in [0.25, 0.3) is 0 Å². The molecular weight excluding hydrogens is 318 g/mol. The van der Waals surface area contributed by atoms with Gasteiger partial charge in [0.2, 0.25) is 0 Å². The van der Waals surface area contributed by atoms with E-state index in [4.69, 9.17) is 9.47 Å². The molecule has 0 unspecified atom stereocenters. The predicted molar refractivity (Wildman–Crippen MR) is 94.0 cm³/mol. The highest BCUT2D eigenvalue weighted by atomic mass is 16.6. The van der Waals surface area contributed by atoms with Crippen LogP contribution in [0.2, 0.25) is 0 Å². The first kappa shape index (κ1) is 16.4. The van der Waals surface area contributed by atoms with Crippen LogP contribution in [0.3, 0.4) is 0 Å². The van der Waals surface area contributed by atoms with Gasteiger partial charge < -0.3 is 14.6 Å². The summed E-state index contributed by atoms with van der Waals surface area (Å²) in [7, 11) is 0. The van der Waals surface area contributed by atoms with Gasteiger partial charge in [-0.2, -0.15) is 5.10 Å². The number of nitrogens with zero attached hydrogens (tertiary/aromatic N) is 3. The van der Waals surface area contributed by atoms with E-state index in [0.717, 1.165) is 44.0 Å². The summed E-state index contributed by atoms with van der Waals surface area (Å²) < 4.78 is 13.5. The van der Waals surface area contributed by atoms with E-state index in [0.29, 0.717) is 25.7 Å². The molecule has 3 heterocycles. The van der Waals surface area contributed by atoms with E-state index in [-0.39, 0.29) is 6.61 Å². The molecule has 1 N–H and O–H groups in total. The first-order chi connectivity index (χ1) is 12.3. The molecule has 1 aromatic heterocycles. The third-order valence-electron chi connectivity index (χ3n) is 5.11. The minimum Gasteiger partial charge on any atom is -0.486 e. The lowest BCUT2D eigenvalue weighted by molar-refractivity contribution is 0.162. The van der Waals surface area contributed by atoms with E-state index in [1.165, 1.54) is 11.3 Å². The summed E-state index contributed by atoms with van der Waals surface area (Å²) in [5, 5.41) is 13.5. The molecular formula is C19H25N3O3. The van der Waals surface area contributed by atoms with Crippen LogP contribution in [0.15, 0.2) is 30.5 Å². The molecule has 0 radical (unpaired) electrons. The van der Waals surface area contributed by atoms with Crippen molar-refractivity contribution in [2.45, 2.75) is 31.8 Å². The molecule has 0 amide bonds. The number of aliphatic hydroxyl groups excluding tert-OH is 1. The van der Waals surface area contributed by atoms with E-state index < -0.39 is 0 Å². The highest BCUT2D eigenvalue weighted by Crippen LogP contribution is 2.35. The van der Waals surface area contributed by atoms with Gasteiger partial charge in [-0.25, -0.2) is 0 Å². The molecule has 0 aliphatic carbocycles. The zero-order valence-electron chi connectivity index (χ0n) is 14.4. The van der Waals surface area contributed by atoms with Crippen molar-refractivity contribution in [2.24, 2.45) is 0 Å². The summed E-state index contributed by atoms with van der Waals surface area (Å²) in [4.78, 5) is 2.48. The number of likely N-dealkylation sites (tertiary alicyclic amines) is 1. The number of benzene rings is 1. The summed E-state index contributed by atoms with van der Waals surface area (Å²) in [6.45, 7) is 4.98. The van der Waals surface area contributed by atoms with Gasteiger partial charge in [0.1, 0.15) is 13.2 Å². The quantitative estimate of drug-likeness (QED) is 0.900. The number of hydrogen-bond donors (Lipinski definition) is 1. The number of ether oxygens (including phenoxy) is 2. The molecule has 0 spiro atoms. The molecule has 0 saturated carbocycles. The predicted octanol–water partition coefficient (Wildman–Crippen LogP) is 2.03. The summed E-state index contributed by atoms with van der Waals surface area (Å²) in [5.41, 5.74) is 2.46. The Morgan fingerprint density at radius 2 is 1.96 bits per heavy atom. The number of aliphatic hydroxyl groups is 1. The van der Waals surface area contributed by atoms with E-state index >= 15 is 0 Å². The monoisotopic (exact) mass is 343 g/mol. The molecule has 1 fully saturated rings. The fraction of sp³-hybridized carbons (Fsp3) is 0.526. The Hall–Kier alpha value is -2.05. The molecule has 2 aromatic rings. The minimum absolute atomic E-state index is 0.134. The third kappa shape index (κ3) is 3.50. The van der Waals surface area contributed by atoms with Crippen LogP contribution in [-0.2, 0) is 13.1 Å². The number of para-hydroxylation sites is 1. The third-order valence-corrected chi connectivity index (χ3v) is 5.11. The van der Waals surface area contributed by atoms with E-state index in [1.54, 1.807) is 0 Å². The average Bonchev–Trinajstić information content (AvgIpc) is 3.11. The van der Waals surface area contributed by atoms with Crippen molar-refractivity contribution in [1.29, 1.82) is 0 Å². The van der Waals surface area contributed by atoms with E-state index in [9.17, 15) is 5.11 Å². The second-order valence-corrected chi connectivity index (χ2v) is 6.69. The average molecular weight is 343 g/mol. The van der Waals surface area contributed by atoms with Crippen molar-refractivity contribution >= 4 is 0 Å². The van der Waals surface area contributed by atoms with Gasteiger partial charge in [-0.1, -0.05) is 12.1 Å². The number of piperidine rings is 1. The molecule has 134 valence electrons. The normalized spacial score (nSPS) is 18.4. The van der Waals surface area contributed by atoms with Gasteiger partial charge in [0.05, 0.1) is 13.2 Å². The summed E-state index contributed by atoms with van der Waals surface area (Å²) in [6.07, 6.45) is 4.07. The van der Waals surface area contributed by atoms with Crippen molar-refractivity contribution < 1.29 is 14.6 Å². The van der Waals surface area contributed by atoms with Crippen LogP contribution in [0, 0.1) is 0 Å². The Kier molecular flexibility index (Phi) is 4.90. The first-order valence-corrected chi connectivity index (χ1v) is 9.07. The van der Waals surface area contributed by atoms with Gasteiger partial charge >= 0.3 is 0 Å². The topological polar surface area (TPSA) is 59.8 Å². The molecule has 4 rings (SSSR count). The smallest absolute Gasteiger partial charge is 0.165 e. The fourth-order valence-electron chi connectivity index (χ4n) is 3.86. The minimum atomic E-state index is 0.134. The van der Waals surface area contributed by atoms with Crippen molar-refractivity contribution in [2.75, 3.05) is 32.9 Å². The largest absolute Gasteiger partial charge is 0.486 e. The Bertz CT molecular complexity index is 708. The number of hydrogen-bond acceptors (Lipinski definition) is 5. The molecule has 0 atom stereocenters. The van der Waals surface area contributed by atoms with Crippen molar-refractivity contribution in [3.8, 4) is 11.5 Å². The van der Waals surface area contributed by atoms with Gasteiger partial charge in [0.25, 0.3) is 0 Å². The maximum atomic E-state index is 9.17. The molecule has 6 nitrogen and oxygen atoms in total. The Balaban J connectivity index is 1.39. The lowest BCUT2D eigenvalue weighted by Crippen LogP contribution is -2.33. The van der Waals surface area contributed by atoms with Crippen LogP contribution < -0.4 is 9.47 Å². The van der Waals surface area contributed by atoms with Gasteiger partial charge in [-0.05, 0) is 38.1 Å². The van der Waals surface area contributed by atoms with Crippen LogP contribution in [0.1, 0.15) is 30.0 Å². The van der Waals surface area contributed by atoms with Crippen molar-refractivity contribution in [3.63, 3.8) is 0 Å². The number of fused-ring (bicyclic) bond motifs is 1. The van der Waals surface area contributed by atoms with Gasteiger partial charge in [-0.3, -0.25) is 9.58 Å². The number of aromatic nitrogens is 2. The van der Waals surface area contributed by atoms with Crippen molar-refractivity contribution in [3.05, 3.63) is 41.7 Å². The van der Waals surface area contributed by atoms with Gasteiger partial charge in [0.15, 0.2) is 11.5 Å². The molecule has 25 heavy (non-hydrogen) atoms. The van der Waals surface area contributed by atoms with Gasteiger partial charge in [-0.15, -0.1) is 0 Å². The zero-order valence-corrected chi connectivity index (χ0v) is 14.4. The van der Waals surface area contributed by atoms with E-state index in [2.05, 4.69) is 22.1 Å². The Morgan fingerprint density at radius 3 is 2.80 bits per heavy atom. The second-order valence-electron chi connectivity index (χ2n) is 6.69. The van der Waals surface area contributed by atoms with Crippen LogP contribution in [0.5, 0.6) is 11.5 Å². The SMILES string of the molecule is OCCn1nccc1C1CCN(Cc2cccc3c2OCCO3)CC1. The summed E-state index contributed by atoms with van der Waals surface area (Å²) in [6, 6.07) is 8.25. The Labute approximate surface area is 148 Å². The highest BCUT2D eigenvalue weighted by molar-refractivity contribution is 5.47. The zero-order chi connectivity index (χ0) is 17.1. The molecule has 0 bridgehead atoms. The molecule has 2 aliphatic heterocycles. The van der Waals surface area contributed by atoms with Crippen LogP contribution in [0.4, 0.5) is 0 Å².